The first kappa shape index (κ1) is 15.4. The maximum atomic E-state index is 10.1. The molecule has 0 amide bonds. The average molecular weight is 306 g/mol. The van der Waals surface area contributed by atoms with E-state index in [0.29, 0.717) is 16.9 Å². The summed E-state index contributed by atoms with van der Waals surface area (Å²) < 4.78 is 5.94. The van der Waals surface area contributed by atoms with E-state index in [2.05, 4.69) is 13.8 Å². The van der Waals surface area contributed by atoms with Crippen LogP contribution in [0.1, 0.15) is 71.6 Å². The maximum absolute atomic E-state index is 10.1. The monoisotopic (exact) mass is 306 g/mol. The molecule has 0 spiro atoms. The van der Waals surface area contributed by atoms with Gasteiger partial charge in [0.15, 0.2) is 0 Å². The fourth-order valence-electron chi connectivity index (χ4n) is 7.49. The normalized spacial score (nSPS) is 57.8. The van der Waals surface area contributed by atoms with Crippen molar-refractivity contribution in [2.24, 2.45) is 34.5 Å². The molecule has 1 N–H and O–H groups in total. The average Bonchev–Trinajstić information content (AvgIpc) is 2.85. The molecule has 126 valence electrons. The van der Waals surface area contributed by atoms with Crippen molar-refractivity contribution in [2.45, 2.75) is 83.8 Å². The molecule has 8 unspecified atom stereocenters. The van der Waals surface area contributed by atoms with Crippen LogP contribution in [0, 0.1) is 34.5 Å². The van der Waals surface area contributed by atoms with E-state index in [0.717, 1.165) is 36.5 Å². The third kappa shape index (κ3) is 2.05. The van der Waals surface area contributed by atoms with Crippen molar-refractivity contribution in [1.82, 2.24) is 0 Å². The van der Waals surface area contributed by atoms with E-state index in [-0.39, 0.29) is 6.10 Å². The van der Waals surface area contributed by atoms with E-state index in [1.165, 1.54) is 44.9 Å². The van der Waals surface area contributed by atoms with Crippen molar-refractivity contribution in [1.29, 1.82) is 0 Å². The highest BCUT2D eigenvalue weighted by Gasteiger charge is 2.60. The molecule has 2 heteroatoms. The second-order valence-electron chi connectivity index (χ2n) is 9.51. The highest BCUT2D eigenvalue weighted by molar-refractivity contribution is 5.09. The Morgan fingerprint density at radius 2 is 1.73 bits per heavy atom. The molecule has 0 aromatic carbocycles. The summed E-state index contributed by atoms with van der Waals surface area (Å²) in [5, 5.41) is 10.1. The molecule has 2 nitrogen and oxygen atoms in total. The smallest absolute Gasteiger partial charge is 0.0607 e. The summed E-state index contributed by atoms with van der Waals surface area (Å²) in [6, 6.07) is 0. The Morgan fingerprint density at radius 1 is 0.955 bits per heavy atom. The van der Waals surface area contributed by atoms with Crippen LogP contribution in [0.15, 0.2) is 0 Å². The van der Waals surface area contributed by atoms with Gasteiger partial charge in [-0.3, -0.25) is 0 Å². The van der Waals surface area contributed by atoms with Gasteiger partial charge in [-0.05, 0) is 92.3 Å². The Labute approximate surface area is 136 Å². The Morgan fingerprint density at radius 3 is 2.50 bits per heavy atom. The topological polar surface area (TPSA) is 29.5 Å². The molecule has 22 heavy (non-hydrogen) atoms. The molecular formula is C20H34O2. The molecule has 8 atom stereocenters. The molecule has 4 saturated carbocycles. The third-order valence-electron chi connectivity index (χ3n) is 8.71. The van der Waals surface area contributed by atoms with Crippen LogP contribution in [0.3, 0.4) is 0 Å². The van der Waals surface area contributed by atoms with Crippen LogP contribution in [0.5, 0.6) is 0 Å². The first-order valence-corrected chi connectivity index (χ1v) is 9.69. The number of hydrogen-bond acceptors (Lipinski definition) is 2. The maximum Gasteiger partial charge on any atom is 0.0607 e. The van der Waals surface area contributed by atoms with Gasteiger partial charge in [0, 0.05) is 7.11 Å². The van der Waals surface area contributed by atoms with Crippen LogP contribution in [-0.4, -0.2) is 24.4 Å². The lowest BCUT2D eigenvalue weighted by Gasteiger charge is -2.60. The van der Waals surface area contributed by atoms with E-state index in [4.69, 9.17) is 4.74 Å². The summed E-state index contributed by atoms with van der Waals surface area (Å²) in [7, 11) is 1.93. The number of aliphatic hydroxyl groups excluding tert-OH is 1. The number of fused-ring (bicyclic) bond motifs is 5. The van der Waals surface area contributed by atoms with E-state index in [9.17, 15) is 5.11 Å². The van der Waals surface area contributed by atoms with Crippen molar-refractivity contribution in [3.8, 4) is 0 Å². The van der Waals surface area contributed by atoms with Gasteiger partial charge < -0.3 is 9.84 Å². The minimum absolute atomic E-state index is 0.0262. The molecule has 4 aliphatic carbocycles. The van der Waals surface area contributed by atoms with Gasteiger partial charge in [-0.2, -0.15) is 0 Å². The van der Waals surface area contributed by atoms with Crippen molar-refractivity contribution in [3.63, 3.8) is 0 Å². The summed E-state index contributed by atoms with van der Waals surface area (Å²) in [4.78, 5) is 0. The van der Waals surface area contributed by atoms with E-state index in [1.54, 1.807) is 0 Å². The van der Waals surface area contributed by atoms with Crippen LogP contribution < -0.4 is 0 Å². The Balaban J connectivity index is 1.64. The summed E-state index contributed by atoms with van der Waals surface area (Å²) in [6.07, 6.45) is 12.0. The first-order chi connectivity index (χ1) is 10.5. The Hall–Kier alpha value is -0.0800. The van der Waals surface area contributed by atoms with Crippen LogP contribution in [-0.2, 0) is 4.74 Å². The largest absolute Gasteiger partial charge is 0.393 e. The van der Waals surface area contributed by atoms with Gasteiger partial charge in [0.2, 0.25) is 0 Å². The predicted octanol–water partition coefficient (Wildman–Crippen LogP) is 4.41. The minimum Gasteiger partial charge on any atom is -0.393 e. The quantitative estimate of drug-likeness (QED) is 0.778. The van der Waals surface area contributed by atoms with Crippen molar-refractivity contribution < 1.29 is 9.84 Å². The molecule has 0 aliphatic heterocycles. The second kappa shape index (κ2) is 5.21. The molecule has 0 radical (unpaired) electrons. The van der Waals surface area contributed by atoms with Crippen LogP contribution in [0.4, 0.5) is 0 Å². The molecule has 4 fully saturated rings. The van der Waals surface area contributed by atoms with E-state index >= 15 is 0 Å². The molecule has 0 saturated heterocycles. The third-order valence-corrected chi connectivity index (χ3v) is 8.71. The summed E-state index contributed by atoms with van der Waals surface area (Å²) in [6.45, 7) is 5.12. The molecule has 0 aromatic rings. The summed E-state index contributed by atoms with van der Waals surface area (Å²) in [5.74, 6) is 3.32. The Bertz CT molecular complexity index is 435. The van der Waals surface area contributed by atoms with Gasteiger partial charge in [-0.15, -0.1) is 0 Å². The molecule has 4 aliphatic rings. The van der Waals surface area contributed by atoms with Crippen molar-refractivity contribution >= 4 is 0 Å². The molecule has 0 heterocycles. The number of ether oxygens (including phenoxy) is 1. The van der Waals surface area contributed by atoms with Gasteiger partial charge >= 0.3 is 0 Å². The highest BCUT2D eigenvalue weighted by atomic mass is 16.5. The van der Waals surface area contributed by atoms with E-state index < -0.39 is 0 Å². The SMILES string of the molecule is COC1CCC2(C)CCC3C(CCC4CC(O)CCC43C)C12. The van der Waals surface area contributed by atoms with Crippen LogP contribution in [0.2, 0.25) is 0 Å². The zero-order valence-corrected chi connectivity index (χ0v) is 14.7. The second-order valence-corrected chi connectivity index (χ2v) is 9.51. The van der Waals surface area contributed by atoms with Gasteiger partial charge in [0.25, 0.3) is 0 Å². The summed E-state index contributed by atoms with van der Waals surface area (Å²) in [5.41, 5.74) is 1.03. The van der Waals surface area contributed by atoms with Gasteiger partial charge in [0.1, 0.15) is 0 Å². The van der Waals surface area contributed by atoms with Gasteiger partial charge in [-0.1, -0.05) is 13.8 Å². The standard InChI is InChI=1S/C20H34O2/c1-19-9-7-16-15(18(19)17(22-3)8-10-19)5-4-13-12-14(21)6-11-20(13,16)2/h13-18,21H,4-12H2,1-3H3. The molecular weight excluding hydrogens is 272 g/mol. The lowest BCUT2D eigenvalue weighted by Crippen LogP contribution is -2.54. The highest BCUT2D eigenvalue weighted by Crippen LogP contribution is 2.66. The fourth-order valence-corrected chi connectivity index (χ4v) is 7.49. The van der Waals surface area contributed by atoms with E-state index in [1.807, 2.05) is 7.11 Å². The number of hydrogen-bond donors (Lipinski definition) is 1. The zero-order chi connectivity index (χ0) is 15.5. The summed E-state index contributed by atoms with van der Waals surface area (Å²) >= 11 is 0. The van der Waals surface area contributed by atoms with Crippen molar-refractivity contribution in [2.75, 3.05) is 7.11 Å². The lowest BCUT2D eigenvalue weighted by atomic mass is 9.45. The Kier molecular flexibility index (Phi) is 3.66. The predicted molar refractivity (Wildman–Crippen MR) is 88.5 cm³/mol. The zero-order valence-electron chi connectivity index (χ0n) is 14.7. The lowest BCUT2D eigenvalue weighted by molar-refractivity contribution is -0.139. The number of rotatable bonds is 1. The van der Waals surface area contributed by atoms with Crippen LogP contribution in [0.25, 0.3) is 0 Å². The molecule has 4 rings (SSSR count). The fraction of sp³-hybridized carbons (Fsp3) is 1.00. The molecule has 0 bridgehead atoms. The number of aliphatic hydroxyl groups is 1. The van der Waals surface area contributed by atoms with Gasteiger partial charge in [-0.25, -0.2) is 0 Å². The van der Waals surface area contributed by atoms with Crippen molar-refractivity contribution in [3.05, 3.63) is 0 Å². The molecule has 0 aromatic heterocycles. The van der Waals surface area contributed by atoms with Crippen LogP contribution >= 0.6 is 0 Å². The number of methoxy groups -OCH3 is 1. The first-order valence-electron chi connectivity index (χ1n) is 9.69. The minimum atomic E-state index is -0.0262. The van der Waals surface area contributed by atoms with Gasteiger partial charge in [0.05, 0.1) is 12.2 Å².